The lowest BCUT2D eigenvalue weighted by Crippen LogP contribution is -2.06. The molecule has 3 rings (SSSR count). The molecule has 3 aromatic rings. The van der Waals surface area contributed by atoms with E-state index in [1.807, 2.05) is 19.1 Å². The summed E-state index contributed by atoms with van der Waals surface area (Å²) in [6.07, 6.45) is 0.390. The second kappa shape index (κ2) is 6.13. The summed E-state index contributed by atoms with van der Waals surface area (Å²) >= 11 is 4.62. The molecule has 23 heavy (non-hydrogen) atoms. The van der Waals surface area contributed by atoms with E-state index in [1.54, 1.807) is 18.3 Å². The Labute approximate surface area is 142 Å². The molecule has 0 radical (unpaired) electrons. The van der Waals surface area contributed by atoms with Crippen LogP contribution in [0.5, 0.6) is 0 Å². The van der Waals surface area contributed by atoms with Crippen molar-refractivity contribution < 1.29 is 14.3 Å². The number of rotatable bonds is 3. The normalized spacial score (nSPS) is 12.3. The van der Waals surface area contributed by atoms with Gasteiger partial charge in [-0.25, -0.2) is 14.6 Å². The molecule has 0 aliphatic carbocycles. The number of fused-ring (bicyclic) bond motifs is 1. The van der Waals surface area contributed by atoms with Crippen molar-refractivity contribution in [3.05, 3.63) is 46.6 Å². The number of benzene rings is 1. The number of hydrogen-bond donors (Lipinski definition) is 2. The van der Waals surface area contributed by atoms with Crippen molar-refractivity contribution in [3.63, 3.8) is 0 Å². The summed E-state index contributed by atoms with van der Waals surface area (Å²) in [7, 11) is 0. The highest BCUT2D eigenvalue weighted by molar-refractivity contribution is 9.09. The molecule has 0 bridgehead atoms. The van der Waals surface area contributed by atoms with Gasteiger partial charge >= 0.3 is 11.7 Å². The predicted molar refractivity (Wildman–Crippen MR) is 92.6 cm³/mol. The van der Waals surface area contributed by atoms with Gasteiger partial charge in [-0.2, -0.15) is 0 Å². The number of halogens is 1. The van der Waals surface area contributed by atoms with Gasteiger partial charge in [0, 0.05) is 17.1 Å². The number of alkyl halides is 1. The fourth-order valence-corrected chi connectivity index (χ4v) is 3.48. The van der Waals surface area contributed by atoms with E-state index >= 15 is 0 Å². The molecule has 1 unspecified atom stereocenters. The molecule has 2 N–H and O–H groups in total. The Kier molecular flexibility index (Phi) is 4.18. The minimum atomic E-state index is -1.18. The van der Waals surface area contributed by atoms with Gasteiger partial charge in [0.25, 0.3) is 0 Å². The van der Waals surface area contributed by atoms with Crippen LogP contribution in [0.3, 0.4) is 0 Å². The van der Waals surface area contributed by atoms with Crippen molar-refractivity contribution in [2.75, 3.05) is 5.32 Å². The number of hydrogen-bond acceptors (Lipinski definition) is 5. The van der Waals surface area contributed by atoms with Crippen LogP contribution in [0.25, 0.3) is 21.2 Å². The molecule has 0 saturated carbocycles. The third-order valence-electron chi connectivity index (χ3n) is 3.19. The van der Waals surface area contributed by atoms with Gasteiger partial charge in [0.15, 0.2) is 5.13 Å². The summed E-state index contributed by atoms with van der Waals surface area (Å²) in [6, 6.07) is 7.14. The van der Waals surface area contributed by atoms with Crippen LogP contribution in [-0.4, -0.2) is 16.2 Å². The van der Waals surface area contributed by atoms with Gasteiger partial charge in [0.05, 0.1) is 15.1 Å². The number of anilines is 1. The van der Waals surface area contributed by atoms with Crippen molar-refractivity contribution in [1.29, 1.82) is 0 Å². The molecular weight excluding hydrogens is 384 g/mol. The van der Waals surface area contributed by atoms with Crippen LogP contribution in [0.1, 0.15) is 17.5 Å². The van der Waals surface area contributed by atoms with Gasteiger partial charge in [0.2, 0.25) is 0 Å². The van der Waals surface area contributed by atoms with Gasteiger partial charge in [-0.1, -0.05) is 45.5 Å². The second-order valence-electron chi connectivity index (χ2n) is 4.75. The van der Waals surface area contributed by atoms with Gasteiger partial charge < -0.3 is 9.52 Å². The number of nitrogens with one attached hydrogen (secondary N) is 1. The first-order valence-electron chi connectivity index (χ1n) is 6.63. The topological polar surface area (TPSA) is 92.4 Å². The highest BCUT2D eigenvalue weighted by Gasteiger charge is 2.20. The Bertz CT molecular complexity index is 948. The van der Waals surface area contributed by atoms with E-state index in [0.717, 1.165) is 15.8 Å². The van der Waals surface area contributed by atoms with Gasteiger partial charge in [-0.3, -0.25) is 5.32 Å². The van der Waals surface area contributed by atoms with E-state index < -0.39 is 11.7 Å². The number of carbonyl (C=O) groups is 1. The Morgan fingerprint density at radius 1 is 1.39 bits per heavy atom. The highest BCUT2D eigenvalue weighted by Crippen LogP contribution is 2.39. The van der Waals surface area contributed by atoms with Gasteiger partial charge in [-0.15, -0.1) is 0 Å². The lowest BCUT2D eigenvalue weighted by molar-refractivity contribution is 0.209. The van der Waals surface area contributed by atoms with Gasteiger partial charge in [-0.05, 0) is 13.0 Å². The molecule has 0 aliphatic heterocycles. The molecular formula is C15H11BrN2O4S. The number of aromatic nitrogens is 1. The lowest BCUT2D eigenvalue weighted by atomic mass is 10.0. The number of nitrogens with zero attached hydrogens (tertiary/aromatic N) is 1. The summed E-state index contributed by atoms with van der Waals surface area (Å²) in [5.74, 6) is 0.485. The minimum Gasteiger partial charge on any atom is -0.465 e. The smallest absolute Gasteiger partial charge is 0.410 e. The molecule has 118 valence electrons. The maximum Gasteiger partial charge on any atom is 0.410 e. The zero-order chi connectivity index (χ0) is 16.6. The Morgan fingerprint density at radius 2 is 2.09 bits per heavy atom. The summed E-state index contributed by atoms with van der Waals surface area (Å²) in [4.78, 5) is 27.5. The third-order valence-corrected chi connectivity index (χ3v) is 4.54. The summed E-state index contributed by atoms with van der Waals surface area (Å²) in [5, 5.41) is 12.5. The van der Waals surface area contributed by atoms with E-state index in [0.29, 0.717) is 11.1 Å². The van der Waals surface area contributed by atoms with Crippen molar-refractivity contribution in [2.45, 2.75) is 11.8 Å². The van der Waals surface area contributed by atoms with E-state index in [9.17, 15) is 9.59 Å². The summed E-state index contributed by atoms with van der Waals surface area (Å²) in [5.41, 5.74) is 0.333. The van der Waals surface area contributed by atoms with Gasteiger partial charge in [0.1, 0.15) is 5.76 Å². The van der Waals surface area contributed by atoms with Crippen LogP contribution in [0.4, 0.5) is 9.93 Å². The van der Waals surface area contributed by atoms with Crippen LogP contribution in [0, 0.1) is 0 Å². The fraction of sp³-hybridized carbons (Fsp3) is 0.133. The minimum absolute atomic E-state index is 0.187. The van der Waals surface area contributed by atoms with E-state index in [4.69, 9.17) is 9.52 Å². The molecule has 1 atom stereocenters. The number of amides is 1. The third kappa shape index (κ3) is 2.99. The average Bonchev–Trinajstić information content (AvgIpc) is 2.94. The summed E-state index contributed by atoms with van der Waals surface area (Å²) in [6.45, 7) is 1.86. The van der Waals surface area contributed by atoms with Crippen LogP contribution < -0.4 is 10.9 Å². The standard InChI is InChI=1S/C15H11BrN2O4S/c1-7(16)12-11(10-6-17-14(23-10)18-15(20)21)8-4-2-3-5-9(8)13(19)22-12/h2-7H,1H3,(H,17,18)(H,20,21). The second-order valence-corrected chi connectivity index (χ2v) is 7.15. The van der Waals surface area contributed by atoms with E-state index in [-0.39, 0.29) is 9.96 Å². The first-order chi connectivity index (χ1) is 11.0. The van der Waals surface area contributed by atoms with Crippen molar-refractivity contribution >= 4 is 49.3 Å². The highest BCUT2D eigenvalue weighted by atomic mass is 79.9. The Morgan fingerprint density at radius 3 is 2.74 bits per heavy atom. The average molecular weight is 395 g/mol. The maximum atomic E-state index is 12.1. The van der Waals surface area contributed by atoms with E-state index in [2.05, 4.69) is 26.2 Å². The van der Waals surface area contributed by atoms with Crippen LogP contribution in [-0.2, 0) is 0 Å². The molecule has 2 heterocycles. The monoisotopic (exact) mass is 394 g/mol. The molecule has 6 nitrogen and oxygen atoms in total. The molecule has 0 saturated heterocycles. The molecule has 1 aromatic carbocycles. The van der Waals surface area contributed by atoms with E-state index in [1.165, 1.54) is 11.3 Å². The molecule has 8 heteroatoms. The SMILES string of the molecule is CC(Br)c1oc(=O)c2ccccc2c1-c1cnc(NC(=O)O)s1. The molecule has 0 aliphatic rings. The lowest BCUT2D eigenvalue weighted by Gasteiger charge is -2.11. The largest absolute Gasteiger partial charge is 0.465 e. The number of thiazole rings is 1. The van der Waals surface area contributed by atoms with Crippen LogP contribution in [0.15, 0.2) is 39.7 Å². The number of carboxylic acid groups (broad SMARTS) is 1. The maximum absolute atomic E-state index is 12.1. The first-order valence-corrected chi connectivity index (χ1v) is 8.36. The first kappa shape index (κ1) is 15.7. The van der Waals surface area contributed by atoms with Crippen LogP contribution in [0.2, 0.25) is 0 Å². The Balaban J connectivity index is 2.28. The molecule has 2 aromatic heterocycles. The quantitative estimate of drug-likeness (QED) is 0.639. The van der Waals surface area contributed by atoms with Crippen LogP contribution >= 0.6 is 27.3 Å². The molecule has 0 spiro atoms. The zero-order valence-electron chi connectivity index (χ0n) is 11.9. The predicted octanol–water partition coefficient (Wildman–Crippen LogP) is 4.46. The summed E-state index contributed by atoms with van der Waals surface area (Å²) < 4.78 is 5.47. The zero-order valence-corrected chi connectivity index (χ0v) is 14.3. The fourth-order valence-electron chi connectivity index (χ4n) is 2.29. The molecule has 1 amide bonds. The van der Waals surface area contributed by atoms with Crippen molar-refractivity contribution in [1.82, 2.24) is 4.98 Å². The van der Waals surface area contributed by atoms with Crippen molar-refractivity contribution in [3.8, 4) is 10.4 Å². The molecule has 0 fully saturated rings. The van der Waals surface area contributed by atoms with Crippen molar-refractivity contribution in [2.24, 2.45) is 0 Å². The Hall–Kier alpha value is -2.19.